The molecular weight excluding hydrogens is 322 g/mol. The van der Waals surface area contributed by atoms with E-state index in [2.05, 4.69) is 20.2 Å². The fraction of sp³-hybridized carbons (Fsp3) is 0.389. The molecule has 0 radical (unpaired) electrons. The summed E-state index contributed by atoms with van der Waals surface area (Å²) in [5.41, 5.74) is 3.37. The van der Waals surface area contributed by atoms with Crippen molar-refractivity contribution in [1.82, 2.24) is 24.9 Å². The van der Waals surface area contributed by atoms with Gasteiger partial charge in [0.1, 0.15) is 5.69 Å². The zero-order valence-corrected chi connectivity index (χ0v) is 14.5. The van der Waals surface area contributed by atoms with E-state index in [1.807, 2.05) is 41.9 Å². The Morgan fingerprint density at radius 3 is 2.54 bits per heavy atom. The van der Waals surface area contributed by atoms with Crippen LogP contribution in [0.5, 0.6) is 0 Å². The van der Waals surface area contributed by atoms with Crippen LogP contribution in [0.1, 0.15) is 18.5 Å². The number of aryl methyl sites for hydroxylation is 1. The summed E-state index contributed by atoms with van der Waals surface area (Å²) in [4.78, 5) is 2.47. The Balaban J connectivity index is 1.70. The van der Waals surface area contributed by atoms with Crippen LogP contribution in [0.4, 0.5) is 0 Å². The number of aromatic nitrogens is 4. The van der Waals surface area contributed by atoms with E-state index in [0.29, 0.717) is 10.7 Å². The highest BCUT2D eigenvalue weighted by Crippen LogP contribution is 2.32. The molecule has 1 aliphatic heterocycles. The normalized spacial score (nSPS) is 15.4. The van der Waals surface area contributed by atoms with Gasteiger partial charge >= 0.3 is 0 Å². The van der Waals surface area contributed by atoms with Gasteiger partial charge in [-0.1, -0.05) is 41.9 Å². The van der Waals surface area contributed by atoms with Gasteiger partial charge in [-0.3, -0.25) is 0 Å². The second kappa shape index (κ2) is 6.49. The van der Waals surface area contributed by atoms with Crippen LogP contribution in [0, 0.1) is 6.92 Å². The van der Waals surface area contributed by atoms with Gasteiger partial charge in [0.05, 0.1) is 22.6 Å². The van der Waals surface area contributed by atoms with E-state index in [1.165, 1.54) is 25.9 Å². The van der Waals surface area contributed by atoms with Crippen molar-refractivity contribution in [3.63, 3.8) is 0 Å². The van der Waals surface area contributed by atoms with Crippen molar-refractivity contribution in [3.05, 3.63) is 41.0 Å². The first kappa shape index (κ1) is 15.5. The third kappa shape index (κ3) is 2.78. The molecule has 24 heavy (non-hydrogen) atoms. The molecule has 124 valence electrons. The Hall–Kier alpha value is -1.98. The Morgan fingerprint density at radius 2 is 1.79 bits per heavy atom. The van der Waals surface area contributed by atoms with Crippen LogP contribution in [0.15, 0.2) is 30.3 Å². The lowest BCUT2D eigenvalue weighted by Gasteiger charge is -2.14. The molecule has 2 aromatic heterocycles. The largest absolute Gasteiger partial charge is 0.301 e. The lowest BCUT2D eigenvalue weighted by atomic mass is 10.1. The number of nitrogens with zero attached hydrogens (tertiary/aromatic N) is 5. The monoisotopic (exact) mass is 341 g/mol. The van der Waals surface area contributed by atoms with Gasteiger partial charge in [-0.2, -0.15) is 5.10 Å². The molecule has 0 unspecified atom stereocenters. The van der Waals surface area contributed by atoms with Crippen molar-refractivity contribution in [1.29, 1.82) is 0 Å². The molecule has 0 bridgehead atoms. The molecule has 0 saturated carbocycles. The van der Waals surface area contributed by atoms with Gasteiger partial charge in [-0.25, -0.2) is 4.68 Å². The molecule has 0 amide bonds. The summed E-state index contributed by atoms with van der Waals surface area (Å²) in [6.45, 7) is 6.17. The van der Waals surface area contributed by atoms with E-state index in [-0.39, 0.29) is 0 Å². The Morgan fingerprint density at radius 1 is 1.04 bits per heavy atom. The standard InChI is InChI=1S/C18H20ClN5/c1-13-15-16(19)17(14-7-3-2-4-8-14)20-21-18(15)24(22-13)12-11-23-9-5-6-10-23/h2-4,7-8H,5-6,9-12H2,1H3. The lowest BCUT2D eigenvalue weighted by Crippen LogP contribution is -2.24. The van der Waals surface area contributed by atoms with Crippen LogP contribution in [-0.2, 0) is 6.54 Å². The van der Waals surface area contributed by atoms with Crippen molar-refractivity contribution in [2.24, 2.45) is 0 Å². The molecule has 1 saturated heterocycles. The first-order valence-electron chi connectivity index (χ1n) is 8.41. The second-order valence-electron chi connectivity index (χ2n) is 6.28. The lowest BCUT2D eigenvalue weighted by molar-refractivity contribution is 0.317. The van der Waals surface area contributed by atoms with Crippen LogP contribution in [0.25, 0.3) is 22.3 Å². The van der Waals surface area contributed by atoms with Crippen LogP contribution in [0.2, 0.25) is 5.02 Å². The molecular formula is C18H20ClN5. The number of rotatable bonds is 4. The molecule has 3 heterocycles. The van der Waals surface area contributed by atoms with Gasteiger partial charge in [0.2, 0.25) is 0 Å². The maximum absolute atomic E-state index is 6.66. The molecule has 1 aliphatic rings. The van der Waals surface area contributed by atoms with Gasteiger partial charge in [-0.05, 0) is 32.9 Å². The van der Waals surface area contributed by atoms with Crippen LogP contribution >= 0.6 is 11.6 Å². The minimum absolute atomic E-state index is 0.635. The van der Waals surface area contributed by atoms with Crippen molar-refractivity contribution < 1.29 is 0 Å². The Labute approximate surface area is 146 Å². The highest BCUT2D eigenvalue weighted by Gasteiger charge is 2.18. The Kier molecular flexibility index (Phi) is 4.21. The zero-order valence-electron chi connectivity index (χ0n) is 13.7. The van der Waals surface area contributed by atoms with Crippen LogP contribution < -0.4 is 0 Å². The summed E-state index contributed by atoms with van der Waals surface area (Å²) >= 11 is 6.66. The molecule has 5 nitrogen and oxygen atoms in total. The summed E-state index contributed by atoms with van der Waals surface area (Å²) in [7, 11) is 0. The highest BCUT2D eigenvalue weighted by molar-refractivity contribution is 6.37. The quantitative estimate of drug-likeness (QED) is 0.728. The molecule has 1 aromatic carbocycles. The molecule has 6 heteroatoms. The number of hydrogen-bond acceptors (Lipinski definition) is 4. The maximum Gasteiger partial charge on any atom is 0.182 e. The third-order valence-corrected chi connectivity index (χ3v) is 5.01. The summed E-state index contributed by atoms with van der Waals surface area (Å²) in [5.74, 6) is 0. The molecule has 0 spiro atoms. The highest BCUT2D eigenvalue weighted by atomic mass is 35.5. The molecule has 3 aromatic rings. The average molecular weight is 342 g/mol. The van der Waals surface area contributed by atoms with Gasteiger partial charge in [0, 0.05) is 12.1 Å². The van der Waals surface area contributed by atoms with Gasteiger partial charge in [-0.15, -0.1) is 10.2 Å². The van der Waals surface area contributed by atoms with Crippen LogP contribution in [-0.4, -0.2) is 44.5 Å². The van der Waals surface area contributed by atoms with Gasteiger partial charge in [0.15, 0.2) is 5.65 Å². The number of halogens is 1. The molecule has 4 rings (SSSR count). The topological polar surface area (TPSA) is 46.8 Å². The average Bonchev–Trinajstić information content (AvgIpc) is 3.22. The van der Waals surface area contributed by atoms with Crippen molar-refractivity contribution in [3.8, 4) is 11.3 Å². The molecule has 0 atom stereocenters. The number of hydrogen-bond donors (Lipinski definition) is 0. The first-order chi connectivity index (χ1) is 11.7. The zero-order chi connectivity index (χ0) is 16.5. The van der Waals surface area contributed by atoms with Crippen molar-refractivity contribution in [2.75, 3.05) is 19.6 Å². The summed E-state index contributed by atoms with van der Waals surface area (Å²) in [5, 5.41) is 15.0. The fourth-order valence-electron chi connectivity index (χ4n) is 3.37. The molecule has 1 fully saturated rings. The van der Waals surface area contributed by atoms with E-state index < -0.39 is 0 Å². The van der Waals surface area contributed by atoms with E-state index in [4.69, 9.17) is 11.6 Å². The SMILES string of the molecule is Cc1nn(CCN2CCCC2)c2nnc(-c3ccccc3)c(Cl)c12. The Bertz CT molecular complexity index is 853. The number of fused-ring (bicyclic) bond motifs is 1. The third-order valence-electron chi connectivity index (χ3n) is 4.65. The predicted molar refractivity (Wildman–Crippen MR) is 96.2 cm³/mol. The number of benzene rings is 1. The van der Waals surface area contributed by atoms with Gasteiger partial charge < -0.3 is 4.90 Å². The minimum Gasteiger partial charge on any atom is -0.301 e. The van der Waals surface area contributed by atoms with E-state index in [9.17, 15) is 0 Å². The maximum atomic E-state index is 6.66. The predicted octanol–water partition coefficient (Wildman–Crippen LogP) is 3.55. The summed E-state index contributed by atoms with van der Waals surface area (Å²) in [6.07, 6.45) is 2.59. The number of likely N-dealkylation sites (tertiary alicyclic amines) is 1. The minimum atomic E-state index is 0.635. The van der Waals surface area contributed by atoms with Crippen molar-refractivity contribution in [2.45, 2.75) is 26.3 Å². The first-order valence-corrected chi connectivity index (χ1v) is 8.79. The smallest absolute Gasteiger partial charge is 0.182 e. The summed E-state index contributed by atoms with van der Waals surface area (Å²) in [6, 6.07) is 9.92. The summed E-state index contributed by atoms with van der Waals surface area (Å²) < 4.78 is 1.94. The van der Waals surface area contributed by atoms with E-state index in [1.54, 1.807) is 0 Å². The van der Waals surface area contributed by atoms with Crippen molar-refractivity contribution >= 4 is 22.6 Å². The fourth-order valence-corrected chi connectivity index (χ4v) is 3.73. The van der Waals surface area contributed by atoms with Gasteiger partial charge in [0.25, 0.3) is 0 Å². The molecule has 0 aliphatic carbocycles. The van der Waals surface area contributed by atoms with Crippen LogP contribution in [0.3, 0.4) is 0 Å². The second-order valence-corrected chi connectivity index (χ2v) is 6.66. The van der Waals surface area contributed by atoms with E-state index in [0.717, 1.165) is 35.4 Å². The van der Waals surface area contributed by atoms with E-state index >= 15 is 0 Å². The molecule has 0 N–H and O–H groups in total.